The number of cyclic esters (lactones) is 2. The molecule has 0 bridgehead atoms. The van der Waals surface area contributed by atoms with Gasteiger partial charge in [0.2, 0.25) is 0 Å². The SMILES string of the molecule is C/C=C\C1=C(/C=C\C)C(=O)OC1=O.CC. The van der Waals surface area contributed by atoms with Gasteiger partial charge in [0.15, 0.2) is 0 Å². The molecule has 1 aliphatic heterocycles. The first kappa shape index (κ1) is 13.4. The molecule has 1 heterocycles. The lowest BCUT2D eigenvalue weighted by Crippen LogP contribution is -2.01. The summed E-state index contributed by atoms with van der Waals surface area (Å²) in [5.74, 6) is -1.15. The Hall–Kier alpha value is -1.64. The van der Waals surface area contributed by atoms with Gasteiger partial charge in [-0.05, 0) is 13.8 Å². The lowest BCUT2D eigenvalue weighted by Gasteiger charge is -1.87. The van der Waals surface area contributed by atoms with Crippen LogP contribution in [0.15, 0.2) is 35.5 Å². The first-order valence-corrected chi connectivity index (χ1v) is 4.97. The lowest BCUT2D eigenvalue weighted by molar-refractivity contribution is -0.150. The minimum Gasteiger partial charge on any atom is -0.386 e. The van der Waals surface area contributed by atoms with Crippen LogP contribution >= 0.6 is 0 Å². The molecule has 0 saturated heterocycles. The summed E-state index contributed by atoms with van der Waals surface area (Å²) in [6.07, 6.45) is 6.53. The Morgan fingerprint density at radius 1 is 0.867 bits per heavy atom. The van der Waals surface area contributed by atoms with Crippen LogP contribution in [0.3, 0.4) is 0 Å². The first-order chi connectivity index (χ1) is 7.20. The molecule has 1 aliphatic rings. The van der Waals surface area contributed by atoms with Crippen LogP contribution in [-0.2, 0) is 14.3 Å². The Labute approximate surface area is 90.1 Å². The molecule has 3 heteroatoms. The summed E-state index contributed by atoms with van der Waals surface area (Å²) in [5, 5.41) is 0. The van der Waals surface area contributed by atoms with Crippen molar-refractivity contribution in [2.24, 2.45) is 0 Å². The van der Waals surface area contributed by atoms with E-state index < -0.39 is 11.9 Å². The minimum atomic E-state index is -0.573. The Balaban J connectivity index is 0.000000921. The Bertz CT molecular complexity index is 301. The van der Waals surface area contributed by atoms with E-state index in [9.17, 15) is 9.59 Å². The second kappa shape index (κ2) is 6.76. The van der Waals surface area contributed by atoms with Crippen LogP contribution in [0.4, 0.5) is 0 Å². The van der Waals surface area contributed by atoms with Crippen LogP contribution in [0.25, 0.3) is 0 Å². The highest BCUT2D eigenvalue weighted by Crippen LogP contribution is 2.19. The Morgan fingerprint density at radius 3 is 1.47 bits per heavy atom. The standard InChI is InChI=1S/C10H10O3.C2H6/c1-3-5-7-8(6-4-2)10(12)13-9(7)11;1-2/h3-6H,1-2H3;1-2H3/b5-3-,6-4-;. The van der Waals surface area contributed by atoms with Crippen molar-refractivity contribution in [1.29, 1.82) is 0 Å². The van der Waals surface area contributed by atoms with Crippen molar-refractivity contribution in [3.8, 4) is 0 Å². The van der Waals surface area contributed by atoms with E-state index in [1.165, 1.54) is 0 Å². The van der Waals surface area contributed by atoms with E-state index in [0.29, 0.717) is 11.1 Å². The number of allylic oxidation sites excluding steroid dienone is 2. The van der Waals surface area contributed by atoms with Crippen molar-refractivity contribution in [3.63, 3.8) is 0 Å². The number of ether oxygens (including phenoxy) is 1. The third-order valence-corrected chi connectivity index (χ3v) is 1.58. The van der Waals surface area contributed by atoms with Gasteiger partial charge in [0.05, 0.1) is 11.1 Å². The van der Waals surface area contributed by atoms with Gasteiger partial charge < -0.3 is 4.74 Å². The summed E-state index contributed by atoms with van der Waals surface area (Å²) in [6, 6.07) is 0. The van der Waals surface area contributed by atoms with E-state index in [0.717, 1.165) is 0 Å². The summed E-state index contributed by atoms with van der Waals surface area (Å²) < 4.78 is 4.44. The second-order valence-corrected chi connectivity index (χ2v) is 2.50. The monoisotopic (exact) mass is 208 g/mol. The first-order valence-electron chi connectivity index (χ1n) is 4.97. The molecule has 0 aromatic rings. The average molecular weight is 208 g/mol. The van der Waals surface area contributed by atoms with Crippen LogP contribution in [0, 0.1) is 0 Å². The lowest BCUT2D eigenvalue weighted by atomic mass is 10.1. The largest absolute Gasteiger partial charge is 0.386 e. The summed E-state index contributed by atoms with van der Waals surface area (Å²) in [4.78, 5) is 22.1. The molecule has 0 aromatic heterocycles. The topological polar surface area (TPSA) is 43.4 Å². The second-order valence-electron chi connectivity index (χ2n) is 2.50. The highest BCUT2D eigenvalue weighted by Gasteiger charge is 2.28. The molecular weight excluding hydrogens is 192 g/mol. The van der Waals surface area contributed by atoms with Crippen LogP contribution in [0.1, 0.15) is 27.7 Å². The van der Waals surface area contributed by atoms with E-state index in [4.69, 9.17) is 0 Å². The Kier molecular flexibility index (Phi) is 6.02. The smallest absolute Gasteiger partial charge is 0.346 e. The maximum Gasteiger partial charge on any atom is 0.346 e. The molecule has 15 heavy (non-hydrogen) atoms. The molecule has 0 radical (unpaired) electrons. The molecular formula is C12H16O3. The highest BCUT2D eigenvalue weighted by atomic mass is 16.6. The Morgan fingerprint density at radius 2 is 1.20 bits per heavy atom. The van der Waals surface area contributed by atoms with E-state index >= 15 is 0 Å². The van der Waals surface area contributed by atoms with Crippen molar-refractivity contribution in [1.82, 2.24) is 0 Å². The van der Waals surface area contributed by atoms with E-state index in [2.05, 4.69) is 4.74 Å². The van der Waals surface area contributed by atoms with Gasteiger partial charge in [-0.1, -0.05) is 38.2 Å². The number of hydrogen-bond donors (Lipinski definition) is 0. The van der Waals surface area contributed by atoms with Gasteiger partial charge in [-0.15, -0.1) is 0 Å². The summed E-state index contributed by atoms with van der Waals surface area (Å²) >= 11 is 0. The number of hydrogen-bond acceptors (Lipinski definition) is 3. The number of rotatable bonds is 2. The van der Waals surface area contributed by atoms with Crippen LogP contribution in [0.5, 0.6) is 0 Å². The molecule has 0 N–H and O–H groups in total. The molecule has 0 fully saturated rings. The van der Waals surface area contributed by atoms with Gasteiger partial charge >= 0.3 is 11.9 Å². The number of carbonyl (C=O) groups excluding carboxylic acids is 2. The molecule has 0 aromatic carbocycles. The van der Waals surface area contributed by atoms with Gasteiger partial charge in [-0.25, -0.2) is 9.59 Å². The van der Waals surface area contributed by atoms with Gasteiger partial charge in [0, 0.05) is 0 Å². The minimum absolute atomic E-state index is 0.325. The zero-order valence-electron chi connectivity index (χ0n) is 9.53. The zero-order chi connectivity index (χ0) is 11.8. The third-order valence-electron chi connectivity index (χ3n) is 1.58. The van der Waals surface area contributed by atoms with Gasteiger partial charge in [-0.3, -0.25) is 0 Å². The summed E-state index contributed by atoms with van der Waals surface area (Å²) in [7, 11) is 0. The number of carbonyl (C=O) groups is 2. The highest BCUT2D eigenvalue weighted by molar-refractivity contribution is 6.15. The van der Waals surface area contributed by atoms with Crippen molar-refractivity contribution < 1.29 is 14.3 Å². The quantitative estimate of drug-likeness (QED) is 0.517. The third kappa shape index (κ3) is 3.20. The molecule has 0 spiro atoms. The molecule has 82 valence electrons. The van der Waals surface area contributed by atoms with Gasteiger partial charge in [0.1, 0.15) is 0 Å². The normalized spacial score (nSPS) is 16.0. The molecule has 0 saturated carbocycles. The maximum absolute atomic E-state index is 11.1. The molecule has 3 nitrogen and oxygen atoms in total. The average Bonchev–Trinajstić information content (AvgIpc) is 2.49. The molecule has 0 amide bonds. The van der Waals surface area contributed by atoms with Crippen LogP contribution < -0.4 is 0 Å². The molecule has 0 unspecified atom stereocenters. The van der Waals surface area contributed by atoms with Crippen molar-refractivity contribution >= 4 is 11.9 Å². The fourth-order valence-electron chi connectivity index (χ4n) is 1.06. The molecule has 0 aliphatic carbocycles. The van der Waals surface area contributed by atoms with E-state index in [1.807, 2.05) is 13.8 Å². The van der Waals surface area contributed by atoms with Crippen molar-refractivity contribution in [3.05, 3.63) is 35.5 Å². The van der Waals surface area contributed by atoms with Crippen LogP contribution in [0.2, 0.25) is 0 Å². The predicted octanol–water partition coefficient (Wildman–Crippen LogP) is 2.54. The van der Waals surface area contributed by atoms with Gasteiger partial charge in [0.25, 0.3) is 0 Å². The fourth-order valence-corrected chi connectivity index (χ4v) is 1.06. The van der Waals surface area contributed by atoms with Crippen molar-refractivity contribution in [2.75, 3.05) is 0 Å². The van der Waals surface area contributed by atoms with Crippen molar-refractivity contribution in [2.45, 2.75) is 27.7 Å². The summed E-state index contributed by atoms with van der Waals surface area (Å²) in [6.45, 7) is 7.55. The molecule has 0 atom stereocenters. The van der Waals surface area contributed by atoms with Gasteiger partial charge in [-0.2, -0.15) is 0 Å². The maximum atomic E-state index is 11.1. The molecule has 1 rings (SSSR count). The van der Waals surface area contributed by atoms with Crippen LogP contribution in [-0.4, -0.2) is 11.9 Å². The van der Waals surface area contributed by atoms with E-state index in [1.54, 1.807) is 38.2 Å². The predicted molar refractivity (Wildman–Crippen MR) is 59.1 cm³/mol. The summed E-state index contributed by atoms with van der Waals surface area (Å²) in [5.41, 5.74) is 0.649. The van der Waals surface area contributed by atoms with E-state index in [-0.39, 0.29) is 0 Å². The fraction of sp³-hybridized carbons (Fsp3) is 0.333. The number of esters is 2. The zero-order valence-corrected chi connectivity index (χ0v) is 9.53.